The molecule has 4 heteroatoms. The predicted octanol–water partition coefficient (Wildman–Crippen LogP) is 5.09. The van der Waals surface area contributed by atoms with Crippen LogP contribution in [0.3, 0.4) is 0 Å². The molecule has 5 aliphatic rings. The molecule has 0 radical (unpaired) electrons. The molecule has 1 aromatic rings. The van der Waals surface area contributed by atoms with Crippen molar-refractivity contribution >= 4 is 17.7 Å². The van der Waals surface area contributed by atoms with Gasteiger partial charge in [-0.2, -0.15) is 11.8 Å². The van der Waals surface area contributed by atoms with Crippen LogP contribution in [0.15, 0.2) is 30.3 Å². The number of nitrogens with zero attached hydrogens (tertiary/aromatic N) is 1. The summed E-state index contributed by atoms with van der Waals surface area (Å²) in [7, 11) is 0. The van der Waals surface area contributed by atoms with Gasteiger partial charge in [0.2, 0.25) is 5.91 Å². The Bertz CT molecular complexity index is 806. The largest absolute Gasteiger partial charge is 0.342 e. The minimum Gasteiger partial charge on any atom is -0.342 e. The monoisotopic (exact) mass is 440 g/mol. The lowest BCUT2D eigenvalue weighted by Gasteiger charge is -2.65. The molecule has 4 bridgehead atoms. The maximum Gasteiger partial charge on any atom is 0.228 e. The topological polar surface area (TPSA) is 46.3 Å². The number of carbonyl (C=O) groups is 1. The Morgan fingerprint density at radius 2 is 1.81 bits per heavy atom. The van der Waals surface area contributed by atoms with Crippen molar-refractivity contribution in [2.75, 3.05) is 24.6 Å². The van der Waals surface area contributed by atoms with Crippen LogP contribution < -0.4 is 5.73 Å². The number of hydrogen-bond donors (Lipinski definition) is 1. The molecule has 6 rings (SSSR count). The van der Waals surface area contributed by atoms with Gasteiger partial charge in [-0.15, -0.1) is 0 Å². The number of rotatable bonds is 5. The summed E-state index contributed by atoms with van der Waals surface area (Å²) in [5.41, 5.74) is 7.96. The van der Waals surface area contributed by atoms with Crippen molar-refractivity contribution in [2.24, 2.45) is 34.3 Å². The highest BCUT2D eigenvalue weighted by Crippen LogP contribution is 2.68. The van der Waals surface area contributed by atoms with Gasteiger partial charge in [-0.3, -0.25) is 4.79 Å². The number of likely N-dealkylation sites (tertiary alicyclic amines) is 1. The maximum atomic E-state index is 14.2. The lowest BCUT2D eigenvalue weighted by molar-refractivity contribution is -0.169. The second-order valence-corrected chi connectivity index (χ2v) is 13.2. The number of nitrogens with two attached hydrogens (primary N) is 1. The molecule has 170 valence electrons. The number of thioether (sulfide) groups is 1. The first kappa shape index (κ1) is 21.8. The molecule has 0 spiro atoms. The summed E-state index contributed by atoms with van der Waals surface area (Å²) in [4.78, 5) is 16.4. The van der Waals surface area contributed by atoms with E-state index in [1.54, 1.807) is 0 Å². The Labute approximate surface area is 192 Å². The second kappa shape index (κ2) is 7.80. The first-order valence-electron chi connectivity index (χ1n) is 12.5. The number of hydrogen-bond acceptors (Lipinski definition) is 3. The zero-order chi connectivity index (χ0) is 21.9. The van der Waals surface area contributed by atoms with E-state index in [9.17, 15) is 4.79 Å². The fourth-order valence-electron chi connectivity index (χ4n) is 8.03. The third-order valence-corrected chi connectivity index (χ3v) is 10.5. The summed E-state index contributed by atoms with van der Waals surface area (Å²) >= 11 is 2.11. The highest BCUT2D eigenvalue weighted by atomic mass is 32.2. The summed E-state index contributed by atoms with van der Waals surface area (Å²) in [6.07, 6.45) is 6.80. The molecule has 31 heavy (non-hydrogen) atoms. The van der Waals surface area contributed by atoms with Crippen LogP contribution in [0.4, 0.5) is 0 Å². The van der Waals surface area contributed by atoms with Crippen LogP contribution in [0.1, 0.15) is 64.9 Å². The number of amides is 1. The molecule has 1 heterocycles. The lowest BCUT2D eigenvalue weighted by Crippen LogP contribution is -2.64. The van der Waals surface area contributed by atoms with Crippen LogP contribution in [0.25, 0.3) is 0 Å². The minimum atomic E-state index is -0.146. The second-order valence-electron chi connectivity index (χ2n) is 11.9. The van der Waals surface area contributed by atoms with Crippen molar-refractivity contribution in [3.8, 4) is 0 Å². The number of carbonyl (C=O) groups excluding carboxylic acids is 1. The molecule has 4 saturated carbocycles. The minimum absolute atomic E-state index is 0.00756. The smallest absolute Gasteiger partial charge is 0.228 e. The van der Waals surface area contributed by atoms with Crippen molar-refractivity contribution in [1.82, 2.24) is 4.90 Å². The highest BCUT2D eigenvalue weighted by Gasteiger charge is 2.64. The Hall–Kier alpha value is -1.00. The van der Waals surface area contributed by atoms with Gasteiger partial charge >= 0.3 is 0 Å². The molecular formula is C27H40N2OS. The molecule has 1 aliphatic heterocycles. The summed E-state index contributed by atoms with van der Waals surface area (Å²) in [5, 5.41) is 0. The standard InChI is InChI=1S/C27H40N2OS/c1-4-31-16-22-19-12-26(21-8-6-5-7-9-21)13-20(22)15-27(14-19,17-26)24(30)29-11-10-23(28)25(2,3)18-29/h5-9,19-20,22-23H,4,10-18,28H2,1-3H3/t19?,20?,22?,23-,26?,27?/m0/s1. The van der Waals surface area contributed by atoms with Gasteiger partial charge in [0, 0.05) is 19.1 Å². The van der Waals surface area contributed by atoms with E-state index in [0.717, 1.165) is 44.7 Å². The SMILES string of the molecule is CCSCC1C2CC3(C(=O)N4CC[C@H](N)C(C)(C)C4)CC1CC(c1ccccc1)(C2)C3. The normalized spacial score (nSPS) is 40.8. The van der Waals surface area contributed by atoms with Crippen LogP contribution in [-0.2, 0) is 10.2 Å². The molecule has 3 atom stereocenters. The van der Waals surface area contributed by atoms with Gasteiger partial charge in [0.05, 0.1) is 5.41 Å². The van der Waals surface area contributed by atoms with Gasteiger partial charge in [0.25, 0.3) is 0 Å². The Morgan fingerprint density at radius 3 is 2.42 bits per heavy atom. The predicted molar refractivity (Wildman–Crippen MR) is 130 cm³/mol. The molecule has 5 fully saturated rings. The fourth-order valence-corrected chi connectivity index (χ4v) is 9.09. The van der Waals surface area contributed by atoms with Gasteiger partial charge in [0.1, 0.15) is 0 Å². The van der Waals surface area contributed by atoms with Gasteiger partial charge in [-0.1, -0.05) is 51.1 Å². The first-order chi connectivity index (χ1) is 14.8. The maximum absolute atomic E-state index is 14.2. The zero-order valence-electron chi connectivity index (χ0n) is 19.6. The van der Waals surface area contributed by atoms with Crippen molar-refractivity contribution < 1.29 is 4.79 Å². The average Bonchev–Trinajstić information content (AvgIpc) is 2.75. The summed E-state index contributed by atoms with van der Waals surface area (Å²) in [5.74, 6) is 5.14. The number of benzene rings is 1. The molecule has 1 amide bonds. The van der Waals surface area contributed by atoms with Crippen LogP contribution in [0, 0.1) is 28.6 Å². The van der Waals surface area contributed by atoms with Gasteiger partial charge in [-0.05, 0) is 84.2 Å². The van der Waals surface area contributed by atoms with Crippen molar-refractivity contribution in [2.45, 2.75) is 70.8 Å². The van der Waals surface area contributed by atoms with Gasteiger partial charge < -0.3 is 10.6 Å². The van der Waals surface area contributed by atoms with E-state index in [0.29, 0.717) is 17.7 Å². The molecule has 2 N–H and O–H groups in total. The van der Waals surface area contributed by atoms with Crippen molar-refractivity contribution in [1.29, 1.82) is 0 Å². The third-order valence-electron chi connectivity index (χ3n) is 9.45. The molecular weight excluding hydrogens is 400 g/mol. The Morgan fingerprint density at radius 1 is 1.13 bits per heavy atom. The zero-order valence-corrected chi connectivity index (χ0v) is 20.4. The van der Waals surface area contributed by atoms with Gasteiger partial charge in [0.15, 0.2) is 0 Å². The Kier molecular flexibility index (Phi) is 5.49. The third kappa shape index (κ3) is 3.57. The summed E-state index contributed by atoms with van der Waals surface area (Å²) in [6.45, 7) is 8.41. The fraction of sp³-hybridized carbons (Fsp3) is 0.741. The molecule has 4 aliphatic carbocycles. The molecule has 0 aromatic heterocycles. The molecule has 1 aromatic carbocycles. The van der Waals surface area contributed by atoms with Crippen molar-refractivity contribution in [3.63, 3.8) is 0 Å². The van der Waals surface area contributed by atoms with Crippen molar-refractivity contribution in [3.05, 3.63) is 35.9 Å². The van der Waals surface area contributed by atoms with E-state index < -0.39 is 0 Å². The van der Waals surface area contributed by atoms with Gasteiger partial charge in [-0.25, -0.2) is 0 Å². The van der Waals surface area contributed by atoms with Crippen LogP contribution >= 0.6 is 11.8 Å². The summed E-state index contributed by atoms with van der Waals surface area (Å²) in [6, 6.07) is 11.4. The quantitative estimate of drug-likeness (QED) is 0.694. The molecule has 3 nitrogen and oxygen atoms in total. The van der Waals surface area contributed by atoms with Crippen LogP contribution in [0.2, 0.25) is 0 Å². The average molecular weight is 441 g/mol. The van der Waals surface area contributed by atoms with Crippen LogP contribution in [0.5, 0.6) is 0 Å². The van der Waals surface area contributed by atoms with E-state index in [4.69, 9.17) is 5.73 Å². The molecule has 1 saturated heterocycles. The number of piperidine rings is 1. The molecule has 2 unspecified atom stereocenters. The van der Waals surface area contributed by atoms with E-state index >= 15 is 0 Å². The summed E-state index contributed by atoms with van der Waals surface area (Å²) < 4.78 is 0. The van der Waals surface area contributed by atoms with Crippen LogP contribution in [-0.4, -0.2) is 41.4 Å². The van der Waals surface area contributed by atoms with E-state index in [1.165, 1.54) is 29.9 Å². The van der Waals surface area contributed by atoms with E-state index in [1.807, 2.05) is 0 Å². The first-order valence-corrected chi connectivity index (χ1v) is 13.6. The lowest BCUT2D eigenvalue weighted by atomic mass is 9.40. The highest BCUT2D eigenvalue weighted by molar-refractivity contribution is 7.99. The Balaban J connectivity index is 1.47. The van der Waals surface area contributed by atoms with E-state index in [2.05, 4.69) is 67.8 Å². The van der Waals surface area contributed by atoms with E-state index in [-0.39, 0.29) is 22.3 Å².